The van der Waals surface area contributed by atoms with E-state index in [1.807, 2.05) is 0 Å². The zero-order valence-corrected chi connectivity index (χ0v) is 11.5. The summed E-state index contributed by atoms with van der Waals surface area (Å²) >= 11 is 0. The van der Waals surface area contributed by atoms with Gasteiger partial charge in [-0.3, -0.25) is 4.79 Å². The van der Waals surface area contributed by atoms with Crippen molar-refractivity contribution in [3.8, 4) is 0 Å². The minimum atomic E-state index is -1.28. The molecule has 3 nitrogen and oxygen atoms in total. The van der Waals surface area contributed by atoms with E-state index < -0.39 is 23.4 Å². The van der Waals surface area contributed by atoms with Gasteiger partial charge in [0, 0.05) is 24.1 Å². The second-order valence-corrected chi connectivity index (χ2v) is 4.86. The molecule has 2 rings (SSSR count). The second-order valence-electron chi connectivity index (χ2n) is 4.86. The lowest BCUT2D eigenvalue weighted by atomic mass is 9.85. The average molecular weight is 309 g/mol. The summed E-state index contributed by atoms with van der Waals surface area (Å²) in [5, 5.41) is 2.29. The van der Waals surface area contributed by atoms with Crippen LogP contribution >= 0.6 is 12.4 Å². The van der Waals surface area contributed by atoms with Gasteiger partial charge in [0.15, 0.2) is 11.6 Å². The molecule has 0 saturated heterocycles. The Labute approximate surface area is 121 Å². The van der Waals surface area contributed by atoms with Crippen molar-refractivity contribution in [1.29, 1.82) is 0 Å². The van der Waals surface area contributed by atoms with E-state index in [2.05, 4.69) is 5.32 Å². The Bertz CT molecular complexity index is 499. The number of halogens is 4. The Morgan fingerprint density at radius 1 is 1.15 bits per heavy atom. The molecular weight excluding hydrogens is 293 g/mol. The number of carbonyl (C=O) groups is 1. The largest absolute Gasteiger partial charge is 0.328 e. The highest BCUT2D eigenvalue weighted by molar-refractivity contribution is 5.92. The van der Waals surface area contributed by atoms with Crippen LogP contribution in [0.25, 0.3) is 0 Å². The van der Waals surface area contributed by atoms with E-state index in [9.17, 15) is 18.0 Å². The summed E-state index contributed by atoms with van der Waals surface area (Å²) in [6.45, 7) is 0. The fourth-order valence-electron chi connectivity index (χ4n) is 2.32. The fourth-order valence-corrected chi connectivity index (χ4v) is 2.32. The number of rotatable bonds is 2. The van der Waals surface area contributed by atoms with E-state index in [1.54, 1.807) is 0 Å². The van der Waals surface area contributed by atoms with Crippen LogP contribution in [0.3, 0.4) is 0 Å². The molecule has 1 fully saturated rings. The number of nitrogens with two attached hydrogens (primary N) is 1. The molecule has 0 aliphatic heterocycles. The first-order chi connectivity index (χ1) is 8.97. The Balaban J connectivity index is 0.00000200. The first kappa shape index (κ1) is 16.8. The van der Waals surface area contributed by atoms with Crippen molar-refractivity contribution in [2.75, 3.05) is 5.32 Å². The Hall–Kier alpha value is -1.27. The van der Waals surface area contributed by atoms with Crippen LogP contribution in [0.1, 0.15) is 25.7 Å². The number of hydrogen-bond acceptors (Lipinski definition) is 2. The molecule has 3 N–H and O–H groups in total. The van der Waals surface area contributed by atoms with Crippen LogP contribution in [-0.2, 0) is 4.79 Å². The van der Waals surface area contributed by atoms with Crippen LogP contribution in [-0.4, -0.2) is 11.9 Å². The lowest BCUT2D eigenvalue weighted by Crippen LogP contribution is -2.34. The summed E-state index contributed by atoms with van der Waals surface area (Å²) in [6.07, 6.45) is 2.89. The molecule has 0 bridgehead atoms. The van der Waals surface area contributed by atoms with E-state index in [1.165, 1.54) is 0 Å². The van der Waals surface area contributed by atoms with E-state index >= 15 is 0 Å². The lowest BCUT2D eigenvalue weighted by molar-refractivity contribution is -0.120. The van der Waals surface area contributed by atoms with Crippen molar-refractivity contribution in [3.63, 3.8) is 0 Å². The molecule has 20 heavy (non-hydrogen) atoms. The fraction of sp³-hybridized carbons (Fsp3) is 0.462. The molecule has 2 atom stereocenters. The summed E-state index contributed by atoms with van der Waals surface area (Å²) in [5.74, 6) is -4.18. The van der Waals surface area contributed by atoms with Crippen LogP contribution in [0.5, 0.6) is 0 Å². The molecular formula is C13H16ClF3N2O. The maximum atomic E-state index is 13.4. The molecule has 1 aliphatic carbocycles. The van der Waals surface area contributed by atoms with Gasteiger partial charge in [0.2, 0.25) is 5.91 Å². The van der Waals surface area contributed by atoms with Gasteiger partial charge in [0.25, 0.3) is 0 Å². The predicted octanol–water partition coefficient (Wildman–Crippen LogP) is 2.98. The van der Waals surface area contributed by atoms with E-state index in [0.717, 1.165) is 12.8 Å². The minimum Gasteiger partial charge on any atom is -0.328 e. The van der Waals surface area contributed by atoms with Crippen molar-refractivity contribution in [2.45, 2.75) is 31.7 Å². The van der Waals surface area contributed by atoms with Crippen molar-refractivity contribution in [1.82, 2.24) is 0 Å². The second kappa shape index (κ2) is 6.95. The number of carbonyl (C=O) groups excluding carboxylic acids is 1. The molecule has 112 valence electrons. The lowest BCUT2D eigenvalue weighted by Gasteiger charge is -2.25. The summed E-state index contributed by atoms with van der Waals surface area (Å²) in [5.41, 5.74) is 5.42. The van der Waals surface area contributed by atoms with Gasteiger partial charge in [-0.2, -0.15) is 0 Å². The molecule has 1 aromatic carbocycles. The number of anilines is 1. The molecule has 1 saturated carbocycles. The Morgan fingerprint density at radius 3 is 2.45 bits per heavy atom. The molecule has 7 heteroatoms. The monoisotopic (exact) mass is 308 g/mol. The van der Waals surface area contributed by atoms with Crippen LogP contribution in [0.4, 0.5) is 18.9 Å². The predicted molar refractivity (Wildman–Crippen MR) is 72.1 cm³/mol. The zero-order valence-electron chi connectivity index (χ0n) is 10.7. The van der Waals surface area contributed by atoms with Gasteiger partial charge in [0.05, 0.1) is 5.69 Å². The van der Waals surface area contributed by atoms with Gasteiger partial charge in [-0.25, -0.2) is 13.2 Å². The molecule has 1 aromatic rings. The molecule has 0 radical (unpaired) electrons. The number of nitrogens with one attached hydrogen (secondary N) is 1. The molecule has 0 spiro atoms. The quantitative estimate of drug-likeness (QED) is 0.825. The highest BCUT2D eigenvalue weighted by Crippen LogP contribution is 2.25. The van der Waals surface area contributed by atoms with Crippen LogP contribution in [0.15, 0.2) is 12.1 Å². The highest BCUT2D eigenvalue weighted by Gasteiger charge is 2.26. The maximum absolute atomic E-state index is 13.4. The van der Waals surface area contributed by atoms with Crippen molar-refractivity contribution in [2.24, 2.45) is 11.7 Å². The third-order valence-electron chi connectivity index (χ3n) is 3.35. The van der Waals surface area contributed by atoms with E-state index in [0.29, 0.717) is 25.0 Å². The first-order valence-electron chi connectivity index (χ1n) is 6.18. The van der Waals surface area contributed by atoms with Crippen molar-refractivity contribution >= 4 is 24.0 Å². The normalized spacial score (nSPS) is 22.0. The molecule has 0 aromatic heterocycles. The summed E-state index contributed by atoms with van der Waals surface area (Å²) in [4.78, 5) is 11.9. The van der Waals surface area contributed by atoms with Gasteiger partial charge >= 0.3 is 0 Å². The van der Waals surface area contributed by atoms with Gasteiger partial charge < -0.3 is 11.1 Å². The number of amides is 1. The summed E-state index contributed by atoms with van der Waals surface area (Å²) < 4.78 is 39.1. The number of hydrogen-bond donors (Lipinski definition) is 2. The highest BCUT2D eigenvalue weighted by atomic mass is 35.5. The van der Waals surface area contributed by atoms with Gasteiger partial charge in [0.1, 0.15) is 5.82 Å². The molecule has 1 aliphatic rings. The van der Waals surface area contributed by atoms with Gasteiger partial charge in [-0.1, -0.05) is 6.42 Å². The Kier molecular flexibility index (Phi) is 5.83. The minimum absolute atomic E-state index is 0. The molecule has 1 amide bonds. The third-order valence-corrected chi connectivity index (χ3v) is 3.35. The first-order valence-corrected chi connectivity index (χ1v) is 6.18. The van der Waals surface area contributed by atoms with Crippen LogP contribution in [0, 0.1) is 23.4 Å². The average Bonchev–Trinajstić information content (AvgIpc) is 2.36. The topological polar surface area (TPSA) is 55.1 Å². The number of benzene rings is 1. The van der Waals surface area contributed by atoms with Gasteiger partial charge in [-0.05, 0) is 19.3 Å². The maximum Gasteiger partial charge on any atom is 0.227 e. The van der Waals surface area contributed by atoms with Crippen molar-refractivity contribution in [3.05, 3.63) is 29.6 Å². The molecule has 0 heterocycles. The summed E-state index contributed by atoms with van der Waals surface area (Å²) in [6, 6.07) is 1.02. The van der Waals surface area contributed by atoms with Crippen LogP contribution in [0.2, 0.25) is 0 Å². The zero-order chi connectivity index (χ0) is 14.0. The van der Waals surface area contributed by atoms with E-state index in [-0.39, 0.29) is 30.1 Å². The molecule has 2 unspecified atom stereocenters. The SMILES string of the molecule is Cl.NC1CCCC(C(=O)Nc2cc(F)c(F)cc2F)C1. The summed E-state index contributed by atoms with van der Waals surface area (Å²) in [7, 11) is 0. The Morgan fingerprint density at radius 2 is 1.80 bits per heavy atom. The van der Waals surface area contributed by atoms with Crippen LogP contribution < -0.4 is 11.1 Å². The standard InChI is InChI=1S/C13H15F3N2O.ClH/c14-9-5-11(16)12(6-10(9)15)18-13(19)7-2-1-3-8(17)4-7;/h5-8H,1-4,17H2,(H,18,19);1H. The van der Waals surface area contributed by atoms with E-state index in [4.69, 9.17) is 5.73 Å². The smallest absolute Gasteiger partial charge is 0.227 e. The third kappa shape index (κ3) is 3.86. The van der Waals surface area contributed by atoms with Gasteiger partial charge in [-0.15, -0.1) is 12.4 Å². The van der Waals surface area contributed by atoms with Crippen molar-refractivity contribution < 1.29 is 18.0 Å².